The maximum absolute atomic E-state index is 13.1. The zero-order valence-electron chi connectivity index (χ0n) is 14.7. The van der Waals surface area contributed by atoms with Crippen molar-refractivity contribution >= 4 is 11.5 Å². The summed E-state index contributed by atoms with van der Waals surface area (Å²) in [5, 5.41) is 0. The SMILES string of the molecule is O=c1n(-c2ccccc2)sc(=NCc2ccccc2)n1Cc1ccccc1. The van der Waals surface area contributed by atoms with Gasteiger partial charge in [0.15, 0.2) is 0 Å². The van der Waals surface area contributed by atoms with Crippen LogP contribution < -0.4 is 10.5 Å². The fraction of sp³-hybridized carbons (Fsp3) is 0.0909. The second kappa shape index (κ2) is 8.01. The van der Waals surface area contributed by atoms with Gasteiger partial charge in [-0.15, -0.1) is 0 Å². The van der Waals surface area contributed by atoms with Gasteiger partial charge in [0.2, 0.25) is 4.80 Å². The molecule has 134 valence electrons. The molecule has 0 amide bonds. The molecule has 1 heterocycles. The maximum Gasteiger partial charge on any atom is 0.344 e. The Hall–Kier alpha value is -3.18. The van der Waals surface area contributed by atoms with Crippen molar-refractivity contribution in [3.05, 3.63) is 117 Å². The summed E-state index contributed by atoms with van der Waals surface area (Å²) in [4.78, 5) is 18.5. The maximum atomic E-state index is 13.1. The molecule has 4 rings (SSSR count). The number of aromatic nitrogens is 2. The van der Waals surface area contributed by atoms with E-state index in [2.05, 4.69) is 0 Å². The van der Waals surface area contributed by atoms with E-state index in [4.69, 9.17) is 4.99 Å². The van der Waals surface area contributed by atoms with Crippen molar-refractivity contribution < 1.29 is 0 Å². The summed E-state index contributed by atoms with van der Waals surface area (Å²) in [5.74, 6) is 0. The van der Waals surface area contributed by atoms with E-state index in [1.807, 2.05) is 91.0 Å². The van der Waals surface area contributed by atoms with Crippen LogP contribution in [0.25, 0.3) is 5.69 Å². The average molecular weight is 373 g/mol. The lowest BCUT2D eigenvalue weighted by Crippen LogP contribution is -2.29. The van der Waals surface area contributed by atoms with Crippen LogP contribution in [0, 0.1) is 0 Å². The predicted octanol–water partition coefficient (Wildman–Crippen LogP) is 3.85. The van der Waals surface area contributed by atoms with Crippen LogP contribution in [0.3, 0.4) is 0 Å². The van der Waals surface area contributed by atoms with Crippen LogP contribution >= 0.6 is 11.5 Å². The summed E-state index contributed by atoms with van der Waals surface area (Å²) in [6, 6.07) is 29.8. The second-order valence-corrected chi connectivity index (χ2v) is 7.07. The van der Waals surface area contributed by atoms with E-state index in [9.17, 15) is 4.79 Å². The minimum atomic E-state index is -0.0677. The molecule has 0 aliphatic rings. The number of hydrogen-bond acceptors (Lipinski definition) is 3. The van der Waals surface area contributed by atoms with Gasteiger partial charge in [0.25, 0.3) is 0 Å². The molecular weight excluding hydrogens is 354 g/mol. The monoisotopic (exact) mass is 373 g/mol. The Kier molecular flexibility index (Phi) is 5.12. The third-order valence-electron chi connectivity index (χ3n) is 4.22. The van der Waals surface area contributed by atoms with E-state index in [1.54, 1.807) is 8.52 Å². The summed E-state index contributed by atoms with van der Waals surface area (Å²) in [7, 11) is 0. The Morgan fingerprint density at radius 2 is 1.30 bits per heavy atom. The van der Waals surface area contributed by atoms with Gasteiger partial charge in [0.05, 0.1) is 18.8 Å². The Labute approximate surface area is 161 Å². The largest absolute Gasteiger partial charge is 0.344 e. The molecule has 4 aromatic rings. The highest BCUT2D eigenvalue weighted by atomic mass is 32.1. The van der Waals surface area contributed by atoms with Crippen molar-refractivity contribution in [2.45, 2.75) is 13.1 Å². The van der Waals surface area contributed by atoms with E-state index in [0.29, 0.717) is 13.1 Å². The molecule has 0 saturated carbocycles. The first-order chi connectivity index (χ1) is 13.3. The lowest BCUT2D eigenvalue weighted by molar-refractivity contribution is 0.702. The van der Waals surface area contributed by atoms with Crippen LogP contribution in [-0.2, 0) is 13.1 Å². The first kappa shape index (κ1) is 17.2. The van der Waals surface area contributed by atoms with E-state index >= 15 is 0 Å². The van der Waals surface area contributed by atoms with Gasteiger partial charge in [0, 0.05) is 0 Å². The van der Waals surface area contributed by atoms with E-state index in [-0.39, 0.29) is 5.69 Å². The van der Waals surface area contributed by atoms with E-state index in [0.717, 1.165) is 21.6 Å². The Morgan fingerprint density at radius 3 is 1.93 bits per heavy atom. The molecule has 3 aromatic carbocycles. The zero-order valence-corrected chi connectivity index (χ0v) is 15.5. The molecule has 0 N–H and O–H groups in total. The normalized spacial score (nSPS) is 11.6. The molecule has 0 aliphatic carbocycles. The lowest BCUT2D eigenvalue weighted by Gasteiger charge is -2.02. The molecule has 0 bridgehead atoms. The molecule has 0 saturated heterocycles. The van der Waals surface area contributed by atoms with Crippen molar-refractivity contribution in [2.24, 2.45) is 4.99 Å². The molecule has 0 atom stereocenters. The Balaban J connectivity index is 1.79. The fourth-order valence-electron chi connectivity index (χ4n) is 2.85. The number of hydrogen-bond donors (Lipinski definition) is 0. The standard InChI is InChI=1S/C22H19N3OS/c26-22-24(17-19-12-6-2-7-13-19)21(23-16-18-10-4-1-5-11-18)27-25(22)20-14-8-3-9-15-20/h1-15H,16-17H2. The smallest absolute Gasteiger partial charge is 0.263 e. The third kappa shape index (κ3) is 3.99. The summed E-state index contributed by atoms with van der Waals surface area (Å²) in [6.45, 7) is 1.05. The first-order valence-corrected chi connectivity index (χ1v) is 9.55. The topological polar surface area (TPSA) is 39.3 Å². The van der Waals surface area contributed by atoms with Crippen molar-refractivity contribution in [2.75, 3.05) is 0 Å². The molecular formula is C22H19N3OS. The summed E-state index contributed by atoms with van der Waals surface area (Å²) in [5.41, 5.74) is 2.99. The molecule has 27 heavy (non-hydrogen) atoms. The molecule has 0 aliphatic heterocycles. The minimum absolute atomic E-state index is 0.0677. The van der Waals surface area contributed by atoms with Crippen LogP contribution in [0.2, 0.25) is 0 Å². The summed E-state index contributed by atoms with van der Waals surface area (Å²) >= 11 is 1.38. The Morgan fingerprint density at radius 1 is 0.741 bits per heavy atom. The van der Waals surface area contributed by atoms with Gasteiger partial charge in [0.1, 0.15) is 0 Å². The van der Waals surface area contributed by atoms with E-state index in [1.165, 1.54) is 11.5 Å². The quantitative estimate of drug-likeness (QED) is 0.524. The highest BCUT2D eigenvalue weighted by Crippen LogP contribution is 2.07. The van der Waals surface area contributed by atoms with Gasteiger partial charge in [-0.3, -0.25) is 9.56 Å². The number of nitrogens with zero attached hydrogens (tertiary/aromatic N) is 3. The molecule has 0 spiro atoms. The molecule has 0 unspecified atom stereocenters. The number of para-hydroxylation sites is 1. The highest BCUT2D eigenvalue weighted by molar-refractivity contribution is 7.03. The average Bonchev–Trinajstić information content (AvgIpc) is 3.04. The number of benzene rings is 3. The van der Waals surface area contributed by atoms with Gasteiger partial charge < -0.3 is 0 Å². The molecule has 4 nitrogen and oxygen atoms in total. The van der Waals surface area contributed by atoms with Crippen LogP contribution in [0.5, 0.6) is 0 Å². The van der Waals surface area contributed by atoms with Gasteiger partial charge in [-0.05, 0) is 34.8 Å². The zero-order chi connectivity index (χ0) is 18.5. The predicted molar refractivity (Wildman–Crippen MR) is 109 cm³/mol. The number of rotatable bonds is 5. The van der Waals surface area contributed by atoms with Gasteiger partial charge >= 0.3 is 5.69 Å². The van der Waals surface area contributed by atoms with Gasteiger partial charge in [-0.1, -0.05) is 78.9 Å². The van der Waals surface area contributed by atoms with Crippen molar-refractivity contribution in [3.8, 4) is 5.69 Å². The van der Waals surface area contributed by atoms with Crippen LogP contribution in [0.15, 0.2) is 101 Å². The van der Waals surface area contributed by atoms with Crippen molar-refractivity contribution in [1.29, 1.82) is 0 Å². The van der Waals surface area contributed by atoms with Gasteiger partial charge in [-0.2, -0.15) is 0 Å². The summed E-state index contributed by atoms with van der Waals surface area (Å²) < 4.78 is 3.45. The Bertz CT molecular complexity index is 1130. The van der Waals surface area contributed by atoms with Crippen molar-refractivity contribution in [1.82, 2.24) is 8.52 Å². The molecule has 0 fully saturated rings. The highest BCUT2D eigenvalue weighted by Gasteiger charge is 2.11. The van der Waals surface area contributed by atoms with E-state index < -0.39 is 0 Å². The van der Waals surface area contributed by atoms with Crippen LogP contribution in [0.1, 0.15) is 11.1 Å². The first-order valence-electron chi connectivity index (χ1n) is 8.78. The minimum Gasteiger partial charge on any atom is -0.263 e. The molecule has 5 heteroatoms. The second-order valence-electron chi connectivity index (χ2n) is 6.16. The fourth-order valence-corrected chi connectivity index (χ4v) is 3.78. The van der Waals surface area contributed by atoms with Gasteiger partial charge in [-0.25, -0.2) is 8.75 Å². The molecule has 0 radical (unpaired) electrons. The van der Waals surface area contributed by atoms with Crippen LogP contribution in [-0.4, -0.2) is 8.52 Å². The summed E-state index contributed by atoms with van der Waals surface area (Å²) in [6.07, 6.45) is 0. The van der Waals surface area contributed by atoms with Crippen molar-refractivity contribution in [3.63, 3.8) is 0 Å². The van der Waals surface area contributed by atoms with Crippen LogP contribution in [0.4, 0.5) is 0 Å². The lowest BCUT2D eigenvalue weighted by atomic mass is 10.2. The third-order valence-corrected chi connectivity index (χ3v) is 5.28. The molecule has 1 aromatic heterocycles.